The van der Waals surface area contributed by atoms with E-state index in [2.05, 4.69) is 29.2 Å². The van der Waals surface area contributed by atoms with Crippen molar-refractivity contribution in [2.75, 3.05) is 0 Å². The van der Waals surface area contributed by atoms with Gasteiger partial charge in [0.05, 0.1) is 17.7 Å². The highest BCUT2D eigenvalue weighted by molar-refractivity contribution is 5.62. The minimum absolute atomic E-state index is 0.524. The van der Waals surface area contributed by atoms with Crippen LogP contribution in [0.3, 0.4) is 0 Å². The van der Waals surface area contributed by atoms with E-state index in [1.165, 1.54) is 43.2 Å². The van der Waals surface area contributed by atoms with E-state index in [0.29, 0.717) is 6.54 Å². The van der Waals surface area contributed by atoms with Crippen molar-refractivity contribution >= 4 is 0 Å². The second-order valence-corrected chi connectivity index (χ2v) is 5.81. The quantitative estimate of drug-likeness (QED) is 0.925. The number of nitrogens with zero attached hydrogens (tertiary/aromatic N) is 2. The molecule has 0 spiro atoms. The minimum Gasteiger partial charge on any atom is -0.336 e. The van der Waals surface area contributed by atoms with Gasteiger partial charge in [0.25, 0.3) is 0 Å². The molecule has 0 unspecified atom stereocenters. The Bertz CT molecular complexity index is 562. The van der Waals surface area contributed by atoms with E-state index in [-0.39, 0.29) is 0 Å². The summed E-state index contributed by atoms with van der Waals surface area (Å²) in [4.78, 5) is 4.48. The SMILES string of the molecule is Cn1cnc(-c2ccc(C3CCCCC3)cc2)c1CN. The number of nitrogens with two attached hydrogens (primary N) is 1. The molecule has 1 saturated carbocycles. The molecule has 1 aromatic heterocycles. The first-order chi connectivity index (χ1) is 9.79. The summed E-state index contributed by atoms with van der Waals surface area (Å²) in [6, 6.07) is 8.96. The molecule has 20 heavy (non-hydrogen) atoms. The molecule has 1 aliphatic rings. The van der Waals surface area contributed by atoms with E-state index in [4.69, 9.17) is 5.73 Å². The summed E-state index contributed by atoms with van der Waals surface area (Å²) in [5.74, 6) is 0.760. The number of aryl methyl sites for hydroxylation is 1. The van der Waals surface area contributed by atoms with Crippen LogP contribution in [0, 0.1) is 0 Å². The molecule has 0 amide bonds. The number of imidazole rings is 1. The number of hydrogen-bond acceptors (Lipinski definition) is 2. The Kier molecular flexibility index (Phi) is 3.88. The molecule has 2 aromatic rings. The molecule has 1 aliphatic carbocycles. The molecule has 1 heterocycles. The summed E-state index contributed by atoms with van der Waals surface area (Å²) in [6.45, 7) is 0.524. The molecule has 1 aromatic carbocycles. The predicted octanol–water partition coefficient (Wildman–Crippen LogP) is 3.59. The average Bonchev–Trinajstić information content (AvgIpc) is 2.89. The molecule has 0 radical (unpaired) electrons. The van der Waals surface area contributed by atoms with Gasteiger partial charge in [-0.2, -0.15) is 0 Å². The van der Waals surface area contributed by atoms with Gasteiger partial charge < -0.3 is 10.3 Å². The first kappa shape index (κ1) is 13.4. The van der Waals surface area contributed by atoms with E-state index in [9.17, 15) is 0 Å². The van der Waals surface area contributed by atoms with Crippen LogP contribution in [-0.4, -0.2) is 9.55 Å². The van der Waals surface area contributed by atoms with Crippen molar-refractivity contribution in [3.63, 3.8) is 0 Å². The molecule has 106 valence electrons. The Morgan fingerprint density at radius 3 is 2.50 bits per heavy atom. The Balaban J connectivity index is 1.85. The fourth-order valence-corrected chi connectivity index (χ4v) is 3.29. The van der Waals surface area contributed by atoms with Crippen molar-refractivity contribution in [2.45, 2.75) is 44.6 Å². The van der Waals surface area contributed by atoms with Gasteiger partial charge in [-0.3, -0.25) is 0 Å². The molecule has 3 rings (SSSR count). The highest BCUT2D eigenvalue weighted by atomic mass is 15.0. The summed E-state index contributed by atoms with van der Waals surface area (Å²) >= 11 is 0. The zero-order valence-electron chi connectivity index (χ0n) is 12.2. The second-order valence-electron chi connectivity index (χ2n) is 5.81. The Labute approximate surface area is 120 Å². The maximum atomic E-state index is 5.82. The van der Waals surface area contributed by atoms with E-state index in [1.807, 2.05) is 17.9 Å². The standard InChI is InChI=1S/C17H23N3/c1-20-12-19-17(16(20)11-18)15-9-7-14(8-10-15)13-5-3-2-4-6-13/h7-10,12-13H,2-6,11,18H2,1H3. The fraction of sp³-hybridized carbons (Fsp3) is 0.471. The monoisotopic (exact) mass is 269 g/mol. The third kappa shape index (κ3) is 2.50. The van der Waals surface area contributed by atoms with E-state index in [1.54, 1.807) is 0 Å². The molecule has 0 aliphatic heterocycles. The van der Waals surface area contributed by atoms with Crippen molar-refractivity contribution in [1.82, 2.24) is 9.55 Å². The molecule has 1 fully saturated rings. The van der Waals surface area contributed by atoms with E-state index >= 15 is 0 Å². The van der Waals surface area contributed by atoms with Crippen molar-refractivity contribution in [2.24, 2.45) is 12.8 Å². The first-order valence-electron chi connectivity index (χ1n) is 7.60. The smallest absolute Gasteiger partial charge is 0.0953 e. The Hall–Kier alpha value is -1.61. The van der Waals surface area contributed by atoms with Crippen LogP contribution >= 0.6 is 0 Å². The molecule has 2 N–H and O–H groups in total. The van der Waals surface area contributed by atoms with Crippen LogP contribution in [0.15, 0.2) is 30.6 Å². The Morgan fingerprint density at radius 2 is 1.85 bits per heavy atom. The molecular weight excluding hydrogens is 246 g/mol. The largest absolute Gasteiger partial charge is 0.336 e. The van der Waals surface area contributed by atoms with Crippen LogP contribution in [0.4, 0.5) is 0 Å². The van der Waals surface area contributed by atoms with Gasteiger partial charge in [-0.05, 0) is 24.3 Å². The maximum absolute atomic E-state index is 5.82. The normalized spacial score (nSPS) is 16.5. The fourth-order valence-electron chi connectivity index (χ4n) is 3.29. The van der Waals surface area contributed by atoms with Crippen molar-refractivity contribution in [3.8, 4) is 11.3 Å². The topological polar surface area (TPSA) is 43.8 Å². The first-order valence-corrected chi connectivity index (χ1v) is 7.60. The predicted molar refractivity (Wildman–Crippen MR) is 82.4 cm³/mol. The van der Waals surface area contributed by atoms with E-state index in [0.717, 1.165) is 17.3 Å². The summed E-state index contributed by atoms with van der Waals surface area (Å²) < 4.78 is 2.00. The summed E-state index contributed by atoms with van der Waals surface area (Å²) in [6.07, 6.45) is 8.69. The number of aromatic nitrogens is 2. The highest BCUT2D eigenvalue weighted by Crippen LogP contribution is 2.33. The number of hydrogen-bond donors (Lipinski definition) is 1. The molecular formula is C17H23N3. The lowest BCUT2D eigenvalue weighted by Crippen LogP contribution is -2.05. The van der Waals surface area contributed by atoms with Gasteiger partial charge in [0.2, 0.25) is 0 Å². The van der Waals surface area contributed by atoms with Gasteiger partial charge in [-0.15, -0.1) is 0 Å². The van der Waals surface area contributed by atoms with Gasteiger partial charge >= 0.3 is 0 Å². The molecule has 0 atom stereocenters. The minimum atomic E-state index is 0.524. The van der Waals surface area contributed by atoms with Crippen LogP contribution in [0.5, 0.6) is 0 Å². The summed E-state index contributed by atoms with van der Waals surface area (Å²) in [7, 11) is 2.00. The van der Waals surface area contributed by atoms with Gasteiger partial charge in [0.15, 0.2) is 0 Å². The van der Waals surface area contributed by atoms with Crippen molar-refractivity contribution < 1.29 is 0 Å². The number of benzene rings is 1. The molecule has 3 heteroatoms. The second kappa shape index (κ2) is 5.80. The van der Waals surface area contributed by atoms with Crippen LogP contribution in [0.25, 0.3) is 11.3 Å². The van der Waals surface area contributed by atoms with Crippen LogP contribution < -0.4 is 5.73 Å². The lowest BCUT2D eigenvalue weighted by molar-refractivity contribution is 0.443. The highest BCUT2D eigenvalue weighted by Gasteiger charge is 2.16. The van der Waals surface area contributed by atoms with Crippen LogP contribution in [-0.2, 0) is 13.6 Å². The lowest BCUT2D eigenvalue weighted by atomic mass is 9.84. The molecule has 0 bridgehead atoms. The summed E-state index contributed by atoms with van der Waals surface area (Å²) in [5.41, 5.74) is 10.6. The zero-order valence-corrected chi connectivity index (χ0v) is 12.2. The van der Waals surface area contributed by atoms with Crippen molar-refractivity contribution in [3.05, 3.63) is 41.9 Å². The lowest BCUT2D eigenvalue weighted by Gasteiger charge is -2.22. The van der Waals surface area contributed by atoms with Gasteiger partial charge in [0, 0.05) is 19.2 Å². The van der Waals surface area contributed by atoms with Crippen LogP contribution in [0.2, 0.25) is 0 Å². The third-order valence-electron chi connectivity index (χ3n) is 4.51. The maximum Gasteiger partial charge on any atom is 0.0953 e. The van der Waals surface area contributed by atoms with Gasteiger partial charge in [-0.1, -0.05) is 43.5 Å². The van der Waals surface area contributed by atoms with Crippen molar-refractivity contribution in [1.29, 1.82) is 0 Å². The number of rotatable bonds is 3. The summed E-state index contributed by atoms with van der Waals surface area (Å²) in [5, 5.41) is 0. The third-order valence-corrected chi connectivity index (χ3v) is 4.51. The van der Waals surface area contributed by atoms with Gasteiger partial charge in [-0.25, -0.2) is 4.98 Å². The zero-order chi connectivity index (χ0) is 13.9. The molecule has 0 saturated heterocycles. The Morgan fingerprint density at radius 1 is 1.15 bits per heavy atom. The van der Waals surface area contributed by atoms with E-state index < -0.39 is 0 Å². The molecule has 3 nitrogen and oxygen atoms in total. The van der Waals surface area contributed by atoms with Gasteiger partial charge in [0.1, 0.15) is 0 Å². The van der Waals surface area contributed by atoms with Crippen LogP contribution in [0.1, 0.15) is 49.3 Å². The average molecular weight is 269 g/mol.